The van der Waals surface area contributed by atoms with E-state index in [-0.39, 0.29) is 22.5 Å². The van der Waals surface area contributed by atoms with Gasteiger partial charge in [-0.25, -0.2) is 4.98 Å². The van der Waals surface area contributed by atoms with Crippen molar-refractivity contribution in [2.75, 3.05) is 29.9 Å². The van der Waals surface area contributed by atoms with Crippen molar-refractivity contribution < 1.29 is 22.7 Å². The van der Waals surface area contributed by atoms with Crippen LogP contribution >= 0.6 is 22.9 Å². The zero-order chi connectivity index (χ0) is 22.9. The summed E-state index contributed by atoms with van der Waals surface area (Å²) in [6.07, 6.45) is -3.10. The standard InChI is InChI=1S/C22H21ClF3N3O2S/c1-2-31-15-6-8-17-19(11-15)32-21(28-17)29-9-3-4-13(12-29)20(30)27-18-10-14(22(24,25)26)5-7-16(18)23/h5-8,10-11,13H,2-4,9,12H2,1H3,(H,27,30)/t13-/m0/s1. The largest absolute Gasteiger partial charge is 0.494 e. The number of carbonyl (C=O) groups excluding carboxylic acids is 1. The monoisotopic (exact) mass is 483 g/mol. The maximum atomic E-state index is 13.0. The van der Waals surface area contributed by atoms with Crippen molar-refractivity contribution in [3.8, 4) is 5.75 Å². The Kier molecular flexibility index (Phi) is 6.48. The summed E-state index contributed by atoms with van der Waals surface area (Å²) >= 11 is 7.55. The van der Waals surface area contributed by atoms with Crippen LogP contribution in [0.5, 0.6) is 5.75 Å². The molecule has 2 aromatic carbocycles. The smallest absolute Gasteiger partial charge is 0.416 e. The molecule has 1 aliphatic heterocycles. The molecule has 2 heterocycles. The van der Waals surface area contributed by atoms with Gasteiger partial charge in [-0.05, 0) is 56.2 Å². The summed E-state index contributed by atoms with van der Waals surface area (Å²) in [7, 11) is 0. The average Bonchev–Trinajstić information content (AvgIpc) is 3.18. The van der Waals surface area contributed by atoms with Crippen LogP contribution in [0.2, 0.25) is 5.02 Å². The topological polar surface area (TPSA) is 54.5 Å². The highest BCUT2D eigenvalue weighted by molar-refractivity contribution is 7.22. The molecule has 10 heteroatoms. The van der Waals surface area contributed by atoms with Crippen molar-refractivity contribution in [1.82, 2.24) is 4.98 Å². The third kappa shape index (κ3) is 4.94. The predicted molar refractivity (Wildman–Crippen MR) is 121 cm³/mol. The first kappa shape index (κ1) is 22.7. The molecule has 0 saturated carbocycles. The van der Waals surface area contributed by atoms with Crippen LogP contribution in [0, 0.1) is 5.92 Å². The Morgan fingerprint density at radius 1 is 1.31 bits per heavy atom. The number of amides is 1. The zero-order valence-electron chi connectivity index (χ0n) is 17.2. The molecule has 0 spiro atoms. The predicted octanol–water partition coefficient (Wildman–Crippen LogP) is 6.22. The number of anilines is 2. The van der Waals surface area contributed by atoms with E-state index < -0.39 is 11.7 Å². The highest BCUT2D eigenvalue weighted by atomic mass is 35.5. The van der Waals surface area contributed by atoms with Crippen LogP contribution in [-0.4, -0.2) is 30.6 Å². The van der Waals surface area contributed by atoms with Crippen LogP contribution in [0.4, 0.5) is 24.0 Å². The first-order valence-electron chi connectivity index (χ1n) is 10.2. The number of carbonyl (C=O) groups is 1. The Labute approximate surface area is 192 Å². The summed E-state index contributed by atoms with van der Waals surface area (Å²) in [5, 5.41) is 3.46. The van der Waals surface area contributed by atoms with Gasteiger partial charge in [-0.1, -0.05) is 22.9 Å². The SMILES string of the molecule is CCOc1ccc2nc(N3CCC[C@H](C(=O)Nc4cc(C(F)(F)F)ccc4Cl)C3)sc2c1. The van der Waals surface area contributed by atoms with E-state index in [2.05, 4.69) is 10.3 Å². The summed E-state index contributed by atoms with van der Waals surface area (Å²) in [5.74, 6) is 0.0417. The fraction of sp³-hybridized carbons (Fsp3) is 0.364. The fourth-order valence-corrected chi connectivity index (χ4v) is 4.88. The number of thiazole rings is 1. The molecule has 0 radical (unpaired) electrons. The highest BCUT2D eigenvalue weighted by Gasteiger charge is 2.32. The maximum Gasteiger partial charge on any atom is 0.416 e. The van der Waals surface area contributed by atoms with E-state index in [9.17, 15) is 18.0 Å². The lowest BCUT2D eigenvalue weighted by Gasteiger charge is -2.31. The second kappa shape index (κ2) is 9.15. The van der Waals surface area contributed by atoms with Crippen LogP contribution in [0.1, 0.15) is 25.3 Å². The summed E-state index contributed by atoms with van der Waals surface area (Å²) in [4.78, 5) is 19.6. The molecule has 1 atom stereocenters. The number of hydrogen-bond donors (Lipinski definition) is 1. The van der Waals surface area contributed by atoms with Crippen LogP contribution < -0.4 is 15.0 Å². The van der Waals surface area contributed by atoms with E-state index in [0.717, 1.165) is 52.3 Å². The van der Waals surface area contributed by atoms with Gasteiger partial charge in [0.2, 0.25) is 5.91 Å². The van der Waals surface area contributed by atoms with E-state index in [0.29, 0.717) is 19.6 Å². The summed E-state index contributed by atoms with van der Waals surface area (Å²) in [6.45, 7) is 3.69. The molecular formula is C22H21ClF3N3O2S. The fourth-order valence-electron chi connectivity index (χ4n) is 3.68. The minimum Gasteiger partial charge on any atom is -0.494 e. The van der Waals surface area contributed by atoms with Crippen LogP contribution in [0.25, 0.3) is 10.2 Å². The Hall–Kier alpha value is -2.52. The van der Waals surface area contributed by atoms with E-state index in [1.807, 2.05) is 30.0 Å². The number of rotatable bonds is 5. The van der Waals surface area contributed by atoms with E-state index in [1.165, 1.54) is 11.3 Å². The number of hydrogen-bond acceptors (Lipinski definition) is 5. The van der Waals surface area contributed by atoms with Gasteiger partial charge in [0, 0.05) is 13.1 Å². The van der Waals surface area contributed by atoms with Gasteiger partial charge < -0.3 is 15.0 Å². The summed E-state index contributed by atoms with van der Waals surface area (Å²) in [6, 6.07) is 8.63. The molecule has 5 nitrogen and oxygen atoms in total. The summed E-state index contributed by atoms with van der Waals surface area (Å²) in [5.41, 5.74) is -0.0359. The molecule has 32 heavy (non-hydrogen) atoms. The lowest BCUT2D eigenvalue weighted by molar-refractivity contribution is -0.137. The molecule has 170 valence electrons. The number of halogens is 4. The minimum atomic E-state index is -4.51. The quantitative estimate of drug-likeness (QED) is 0.468. The molecule has 0 unspecified atom stereocenters. The molecule has 1 fully saturated rings. The van der Waals surface area contributed by atoms with Crippen molar-refractivity contribution in [2.24, 2.45) is 5.92 Å². The number of nitrogens with one attached hydrogen (secondary N) is 1. The molecule has 1 amide bonds. The Balaban J connectivity index is 1.48. The van der Waals surface area contributed by atoms with E-state index in [1.54, 1.807) is 0 Å². The van der Waals surface area contributed by atoms with Gasteiger partial charge >= 0.3 is 6.18 Å². The molecular weight excluding hydrogens is 463 g/mol. The van der Waals surface area contributed by atoms with E-state index in [4.69, 9.17) is 16.3 Å². The highest BCUT2D eigenvalue weighted by Crippen LogP contribution is 2.36. The second-order valence-electron chi connectivity index (χ2n) is 7.53. The number of fused-ring (bicyclic) bond motifs is 1. The molecule has 0 aliphatic carbocycles. The van der Waals surface area contributed by atoms with Crippen molar-refractivity contribution in [1.29, 1.82) is 0 Å². The normalized spacial score (nSPS) is 16.9. The van der Waals surface area contributed by atoms with Gasteiger partial charge in [0.25, 0.3) is 0 Å². The Bertz CT molecular complexity index is 1140. The number of alkyl halides is 3. The zero-order valence-corrected chi connectivity index (χ0v) is 18.8. The van der Waals surface area contributed by atoms with Crippen LogP contribution in [0.15, 0.2) is 36.4 Å². The molecule has 4 rings (SSSR count). The van der Waals surface area contributed by atoms with Crippen molar-refractivity contribution in [3.05, 3.63) is 47.0 Å². The van der Waals surface area contributed by atoms with Crippen molar-refractivity contribution in [2.45, 2.75) is 25.9 Å². The van der Waals surface area contributed by atoms with Gasteiger partial charge in [-0.3, -0.25) is 4.79 Å². The molecule has 3 aromatic rings. The third-order valence-electron chi connectivity index (χ3n) is 5.27. The number of nitrogens with zero attached hydrogens (tertiary/aromatic N) is 2. The molecule has 1 N–H and O–H groups in total. The lowest BCUT2D eigenvalue weighted by Crippen LogP contribution is -2.40. The number of piperidine rings is 1. The summed E-state index contributed by atoms with van der Waals surface area (Å²) < 4.78 is 45.6. The van der Waals surface area contributed by atoms with Crippen molar-refractivity contribution >= 4 is 49.9 Å². The van der Waals surface area contributed by atoms with Crippen LogP contribution in [-0.2, 0) is 11.0 Å². The molecule has 1 aliphatic rings. The number of aromatic nitrogens is 1. The maximum absolute atomic E-state index is 13.0. The Morgan fingerprint density at radius 3 is 2.88 bits per heavy atom. The first-order valence-corrected chi connectivity index (χ1v) is 11.4. The van der Waals surface area contributed by atoms with E-state index >= 15 is 0 Å². The van der Waals surface area contributed by atoms with Gasteiger partial charge in [0.1, 0.15) is 5.75 Å². The van der Waals surface area contributed by atoms with Gasteiger partial charge in [-0.2, -0.15) is 13.2 Å². The molecule has 1 saturated heterocycles. The number of benzene rings is 2. The molecule has 0 bridgehead atoms. The first-order chi connectivity index (χ1) is 15.2. The molecule has 1 aromatic heterocycles. The van der Waals surface area contributed by atoms with Crippen molar-refractivity contribution in [3.63, 3.8) is 0 Å². The lowest BCUT2D eigenvalue weighted by atomic mass is 9.97. The van der Waals surface area contributed by atoms with Gasteiger partial charge in [0.05, 0.1) is 39.0 Å². The average molecular weight is 484 g/mol. The van der Waals surface area contributed by atoms with Crippen LogP contribution in [0.3, 0.4) is 0 Å². The van der Waals surface area contributed by atoms with Gasteiger partial charge in [-0.15, -0.1) is 0 Å². The second-order valence-corrected chi connectivity index (χ2v) is 8.94. The van der Waals surface area contributed by atoms with Gasteiger partial charge in [0.15, 0.2) is 5.13 Å². The number of ether oxygens (including phenoxy) is 1. The third-order valence-corrected chi connectivity index (χ3v) is 6.68. The minimum absolute atomic E-state index is 0.0351. The Morgan fingerprint density at radius 2 is 2.12 bits per heavy atom.